The molecule has 2 aromatic rings. The summed E-state index contributed by atoms with van der Waals surface area (Å²) in [5, 5.41) is 3.15. The van der Waals surface area contributed by atoms with Gasteiger partial charge in [-0.15, -0.1) is 0 Å². The van der Waals surface area contributed by atoms with Gasteiger partial charge in [0.15, 0.2) is 0 Å². The van der Waals surface area contributed by atoms with Gasteiger partial charge in [0, 0.05) is 12.6 Å². The summed E-state index contributed by atoms with van der Waals surface area (Å²) in [6.07, 6.45) is 4.63. The number of carbonyl (C=O) groups is 2. The van der Waals surface area contributed by atoms with Crippen molar-refractivity contribution in [2.75, 3.05) is 7.11 Å². The van der Waals surface area contributed by atoms with Gasteiger partial charge in [0.2, 0.25) is 11.8 Å². The largest absolute Gasteiger partial charge is 0.497 e. The van der Waals surface area contributed by atoms with Gasteiger partial charge in [-0.3, -0.25) is 9.59 Å². The third-order valence-corrected chi connectivity index (χ3v) is 6.02. The first-order chi connectivity index (χ1) is 14.9. The molecule has 0 heterocycles. The lowest BCUT2D eigenvalue weighted by Crippen LogP contribution is -2.50. The molecule has 0 radical (unpaired) electrons. The van der Waals surface area contributed by atoms with Crippen LogP contribution in [0.1, 0.15) is 54.9 Å². The molecular formula is C26H34N2O3. The van der Waals surface area contributed by atoms with Crippen molar-refractivity contribution >= 4 is 11.8 Å². The molecule has 0 aromatic heterocycles. The molecule has 1 N–H and O–H groups in total. The van der Waals surface area contributed by atoms with E-state index < -0.39 is 6.04 Å². The minimum atomic E-state index is -0.541. The Kier molecular flexibility index (Phi) is 7.72. The third-order valence-electron chi connectivity index (χ3n) is 6.02. The number of nitrogens with zero attached hydrogens (tertiary/aromatic N) is 1. The molecule has 0 spiro atoms. The summed E-state index contributed by atoms with van der Waals surface area (Å²) in [6, 6.07) is 13.5. The van der Waals surface area contributed by atoms with E-state index in [4.69, 9.17) is 4.74 Å². The fourth-order valence-corrected chi connectivity index (χ4v) is 4.35. The molecule has 1 aliphatic carbocycles. The van der Waals surface area contributed by atoms with Gasteiger partial charge in [-0.05, 0) is 56.9 Å². The fraction of sp³-hybridized carbons (Fsp3) is 0.462. The second kappa shape index (κ2) is 10.5. The molecule has 5 heteroatoms. The number of amides is 2. The number of carbonyl (C=O) groups excluding carboxylic acids is 2. The van der Waals surface area contributed by atoms with E-state index in [-0.39, 0.29) is 24.3 Å². The highest BCUT2D eigenvalue weighted by molar-refractivity contribution is 5.88. The Labute approximate surface area is 185 Å². The highest BCUT2D eigenvalue weighted by Crippen LogP contribution is 2.20. The lowest BCUT2D eigenvalue weighted by atomic mass is 10.0. The Morgan fingerprint density at radius 2 is 1.65 bits per heavy atom. The van der Waals surface area contributed by atoms with Gasteiger partial charge < -0.3 is 15.0 Å². The van der Waals surface area contributed by atoms with Crippen LogP contribution in [0.3, 0.4) is 0 Å². The van der Waals surface area contributed by atoms with Crippen LogP contribution in [0.5, 0.6) is 5.75 Å². The summed E-state index contributed by atoms with van der Waals surface area (Å²) in [4.78, 5) is 28.0. The van der Waals surface area contributed by atoms with Crippen molar-refractivity contribution in [1.82, 2.24) is 10.2 Å². The lowest BCUT2D eigenvalue weighted by Gasteiger charge is -2.30. The molecule has 31 heavy (non-hydrogen) atoms. The van der Waals surface area contributed by atoms with Gasteiger partial charge in [0.1, 0.15) is 11.8 Å². The number of hydrogen-bond acceptors (Lipinski definition) is 3. The Balaban J connectivity index is 1.78. The first kappa shape index (κ1) is 22.9. The average molecular weight is 423 g/mol. The Morgan fingerprint density at radius 1 is 1.03 bits per heavy atom. The van der Waals surface area contributed by atoms with E-state index in [1.54, 1.807) is 12.0 Å². The van der Waals surface area contributed by atoms with Crippen LogP contribution in [0.15, 0.2) is 42.5 Å². The van der Waals surface area contributed by atoms with E-state index in [0.29, 0.717) is 6.54 Å². The number of methoxy groups -OCH3 is 1. The van der Waals surface area contributed by atoms with E-state index in [2.05, 4.69) is 11.4 Å². The number of nitrogens with one attached hydrogen (secondary N) is 1. The SMILES string of the molecule is COc1ccc(CN(C(=O)Cc2cc(C)cc(C)c2)[C@H](C)C(=O)NC2CCCC2)cc1. The molecule has 1 atom stereocenters. The molecule has 0 bridgehead atoms. The number of aryl methyl sites for hydroxylation is 2. The zero-order chi connectivity index (χ0) is 22.4. The average Bonchev–Trinajstić information content (AvgIpc) is 3.24. The maximum atomic E-state index is 13.4. The molecule has 5 nitrogen and oxygen atoms in total. The summed E-state index contributed by atoms with van der Waals surface area (Å²) in [5.74, 6) is 0.646. The summed E-state index contributed by atoms with van der Waals surface area (Å²) < 4.78 is 5.24. The van der Waals surface area contributed by atoms with E-state index in [9.17, 15) is 9.59 Å². The van der Waals surface area contributed by atoms with Crippen LogP contribution in [0, 0.1) is 13.8 Å². The van der Waals surface area contributed by atoms with Crippen molar-refractivity contribution in [3.05, 3.63) is 64.7 Å². The van der Waals surface area contributed by atoms with Crippen molar-refractivity contribution in [2.45, 2.75) is 71.5 Å². The molecule has 1 saturated carbocycles. The smallest absolute Gasteiger partial charge is 0.242 e. The van der Waals surface area contributed by atoms with Crippen LogP contribution in [-0.2, 0) is 22.6 Å². The van der Waals surface area contributed by atoms with Gasteiger partial charge in [-0.25, -0.2) is 0 Å². The Morgan fingerprint density at radius 3 is 2.23 bits per heavy atom. The highest BCUT2D eigenvalue weighted by atomic mass is 16.5. The molecule has 166 valence electrons. The number of hydrogen-bond donors (Lipinski definition) is 1. The maximum absolute atomic E-state index is 13.4. The van der Waals surface area contributed by atoms with Crippen molar-refractivity contribution in [2.24, 2.45) is 0 Å². The third kappa shape index (κ3) is 6.33. The predicted octanol–water partition coefficient (Wildman–Crippen LogP) is 4.33. The van der Waals surface area contributed by atoms with E-state index in [1.165, 1.54) is 0 Å². The minimum absolute atomic E-state index is 0.0464. The van der Waals surface area contributed by atoms with Crippen LogP contribution < -0.4 is 10.1 Å². The normalized spacial score (nSPS) is 14.8. The van der Waals surface area contributed by atoms with E-state index >= 15 is 0 Å². The monoisotopic (exact) mass is 422 g/mol. The molecule has 2 amide bonds. The molecule has 0 saturated heterocycles. The first-order valence-electron chi connectivity index (χ1n) is 11.2. The molecule has 2 aromatic carbocycles. The standard InChI is InChI=1S/C26H34N2O3/c1-18-13-19(2)15-22(14-18)16-25(29)28(17-21-9-11-24(31-4)12-10-21)20(3)26(30)27-23-7-5-6-8-23/h9-15,20,23H,5-8,16-17H2,1-4H3,(H,27,30)/t20-/m1/s1. The molecule has 3 rings (SSSR count). The van der Waals surface area contributed by atoms with Gasteiger partial charge in [0.05, 0.1) is 13.5 Å². The number of benzene rings is 2. The zero-order valence-electron chi connectivity index (χ0n) is 19.1. The quantitative estimate of drug-likeness (QED) is 0.689. The summed E-state index contributed by atoms with van der Waals surface area (Å²) in [6.45, 7) is 6.28. The van der Waals surface area contributed by atoms with Crippen molar-refractivity contribution < 1.29 is 14.3 Å². The number of rotatable bonds is 8. The molecule has 0 aliphatic heterocycles. The summed E-state index contributed by atoms with van der Waals surface area (Å²) in [7, 11) is 1.63. The molecule has 1 fully saturated rings. The Hall–Kier alpha value is -2.82. The predicted molar refractivity (Wildman–Crippen MR) is 123 cm³/mol. The van der Waals surface area contributed by atoms with Gasteiger partial charge in [-0.2, -0.15) is 0 Å². The van der Waals surface area contributed by atoms with Gasteiger partial charge in [-0.1, -0.05) is 54.3 Å². The van der Waals surface area contributed by atoms with Crippen molar-refractivity contribution in [3.63, 3.8) is 0 Å². The van der Waals surface area contributed by atoms with Gasteiger partial charge >= 0.3 is 0 Å². The second-order valence-corrected chi connectivity index (χ2v) is 8.71. The van der Waals surface area contributed by atoms with E-state index in [1.807, 2.05) is 57.2 Å². The van der Waals surface area contributed by atoms with E-state index in [0.717, 1.165) is 53.7 Å². The van der Waals surface area contributed by atoms with Crippen molar-refractivity contribution in [1.29, 1.82) is 0 Å². The van der Waals surface area contributed by atoms with Crippen LogP contribution in [-0.4, -0.2) is 35.9 Å². The molecule has 0 unspecified atom stereocenters. The van der Waals surface area contributed by atoms with Crippen LogP contribution >= 0.6 is 0 Å². The lowest BCUT2D eigenvalue weighted by molar-refractivity contribution is -0.140. The van der Waals surface area contributed by atoms with Crippen molar-refractivity contribution in [3.8, 4) is 5.75 Å². The Bertz CT molecular complexity index is 881. The van der Waals surface area contributed by atoms with Crippen LogP contribution in [0.25, 0.3) is 0 Å². The maximum Gasteiger partial charge on any atom is 0.242 e. The second-order valence-electron chi connectivity index (χ2n) is 8.71. The topological polar surface area (TPSA) is 58.6 Å². The summed E-state index contributed by atoms with van der Waals surface area (Å²) >= 11 is 0. The number of ether oxygens (including phenoxy) is 1. The minimum Gasteiger partial charge on any atom is -0.497 e. The molecular weight excluding hydrogens is 388 g/mol. The zero-order valence-corrected chi connectivity index (χ0v) is 19.1. The summed E-state index contributed by atoms with van der Waals surface area (Å²) in [5.41, 5.74) is 4.22. The van der Waals surface area contributed by atoms with Crippen LogP contribution in [0.4, 0.5) is 0 Å². The first-order valence-corrected chi connectivity index (χ1v) is 11.2. The van der Waals surface area contributed by atoms with Crippen LogP contribution in [0.2, 0.25) is 0 Å². The highest BCUT2D eigenvalue weighted by Gasteiger charge is 2.28. The fourth-order valence-electron chi connectivity index (χ4n) is 4.35. The molecule has 1 aliphatic rings. The van der Waals surface area contributed by atoms with Gasteiger partial charge in [0.25, 0.3) is 0 Å².